The molecule has 0 aliphatic carbocycles. The summed E-state index contributed by atoms with van der Waals surface area (Å²) >= 11 is 9.31. The number of amides is 1. The van der Waals surface area contributed by atoms with Gasteiger partial charge < -0.3 is 10.6 Å². The lowest BCUT2D eigenvalue weighted by Gasteiger charge is -2.09. The molecule has 1 amide bonds. The lowest BCUT2D eigenvalue weighted by Crippen LogP contribution is -2.31. The van der Waals surface area contributed by atoms with Gasteiger partial charge in [-0.2, -0.15) is 0 Å². The maximum Gasteiger partial charge on any atom is 0.239 e. The molecule has 0 unspecified atom stereocenters. The Morgan fingerprint density at radius 1 is 1.18 bits per heavy atom. The van der Waals surface area contributed by atoms with Crippen LogP contribution in [0.5, 0.6) is 0 Å². The van der Waals surface area contributed by atoms with Crippen molar-refractivity contribution < 1.29 is 4.79 Å². The number of rotatable bonds is 6. The molecular formula is C17H18BrClN2O. The van der Waals surface area contributed by atoms with E-state index in [4.69, 9.17) is 11.6 Å². The van der Waals surface area contributed by atoms with Gasteiger partial charge in [0.05, 0.1) is 6.54 Å². The third kappa shape index (κ3) is 5.35. The molecular weight excluding hydrogens is 364 g/mol. The second-order valence-electron chi connectivity index (χ2n) is 5.04. The summed E-state index contributed by atoms with van der Waals surface area (Å²) in [7, 11) is 0. The van der Waals surface area contributed by atoms with Crippen LogP contribution in [0, 0.1) is 6.92 Å². The van der Waals surface area contributed by atoms with Crippen molar-refractivity contribution in [2.75, 3.05) is 18.4 Å². The van der Waals surface area contributed by atoms with Crippen molar-refractivity contribution in [3.05, 3.63) is 63.1 Å². The molecule has 0 atom stereocenters. The highest BCUT2D eigenvalue weighted by Gasteiger charge is 2.02. The second kappa shape index (κ2) is 8.20. The molecule has 3 nitrogen and oxygen atoms in total. The first-order valence-electron chi connectivity index (χ1n) is 7.06. The molecule has 0 bridgehead atoms. The quantitative estimate of drug-likeness (QED) is 0.788. The summed E-state index contributed by atoms with van der Waals surface area (Å²) in [4.78, 5) is 11.8. The van der Waals surface area contributed by atoms with E-state index in [2.05, 4.69) is 26.6 Å². The van der Waals surface area contributed by atoms with Gasteiger partial charge in [0, 0.05) is 21.7 Å². The van der Waals surface area contributed by atoms with Crippen LogP contribution in [0.1, 0.15) is 11.1 Å². The molecule has 2 N–H and O–H groups in total. The Kier molecular flexibility index (Phi) is 6.28. The minimum atomic E-state index is -0.0225. The largest absolute Gasteiger partial charge is 0.376 e. The van der Waals surface area contributed by atoms with Gasteiger partial charge in [0.15, 0.2) is 0 Å². The normalized spacial score (nSPS) is 10.3. The first-order chi connectivity index (χ1) is 10.5. The van der Waals surface area contributed by atoms with Crippen LogP contribution in [0.25, 0.3) is 0 Å². The molecule has 0 saturated heterocycles. The minimum Gasteiger partial charge on any atom is -0.376 e. The molecule has 0 aromatic heterocycles. The molecule has 22 heavy (non-hydrogen) atoms. The Labute approximate surface area is 144 Å². The lowest BCUT2D eigenvalue weighted by molar-refractivity contribution is -0.119. The summed E-state index contributed by atoms with van der Waals surface area (Å²) in [6, 6.07) is 13.6. The summed E-state index contributed by atoms with van der Waals surface area (Å²) in [5, 5.41) is 6.73. The van der Waals surface area contributed by atoms with Gasteiger partial charge >= 0.3 is 0 Å². The number of hydrogen-bond donors (Lipinski definition) is 2. The average Bonchev–Trinajstić information content (AvgIpc) is 2.50. The number of nitrogens with one attached hydrogen (secondary N) is 2. The molecule has 2 aromatic carbocycles. The van der Waals surface area contributed by atoms with E-state index in [0.29, 0.717) is 6.54 Å². The monoisotopic (exact) mass is 380 g/mol. The summed E-state index contributed by atoms with van der Waals surface area (Å²) in [6.07, 6.45) is 0.791. The highest BCUT2D eigenvalue weighted by Crippen LogP contribution is 2.20. The Bertz CT molecular complexity index is 644. The van der Waals surface area contributed by atoms with Crippen molar-refractivity contribution >= 4 is 39.1 Å². The zero-order valence-electron chi connectivity index (χ0n) is 12.3. The smallest absolute Gasteiger partial charge is 0.239 e. The highest BCUT2D eigenvalue weighted by atomic mass is 79.9. The van der Waals surface area contributed by atoms with E-state index < -0.39 is 0 Å². The zero-order valence-corrected chi connectivity index (χ0v) is 14.7. The predicted octanol–water partition coefficient (Wildman–Crippen LogP) is 4.18. The van der Waals surface area contributed by atoms with E-state index in [9.17, 15) is 4.79 Å². The Hall–Kier alpha value is -1.52. The molecule has 0 saturated carbocycles. The number of hydrogen-bond acceptors (Lipinski definition) is 2. The van der Waals surface area contributed by atoms with Gasteiger partial charge in [0.1, 0.15) is 0 Å². The highest BCUT2D eigenvalue weighted by molar-refractivity contribution is 9.10. The second-order valence-corrected chi connectivity index (χ2v) is 6.33. The summed E-state index contributed by atoms with van der Waals surface area (Å²) < 4.78 is 1.03. The predicted molar refractivity (Wildman–Crippen MR) is 95.5 cm³/mol. The first kappa shape index (κ1) is 16.8. The van der Waals surface area contributed by atoms with Gasteiger partial charge in [0.25, 0.3) is 0 Å². The fourth-order valence-corrected chi connectivity index (χ4v) is 2.45. The van der Waals surface area contributed by atoms with Gasteiger partial charge in [0.2, 0.25) is 5.91 Å². The molecule has 0 aliphatic heterocycles. The van der Waals surface area contributed by atoms with E-state index >= 15 is 0 Å². The Morgan fingerprint density at radius 3 is 2.59 bits per heavy atom. The van der Waals surface area contributed by atoms with Crippen LogP contribution in [0.2, 0.25) is 5.02 Å². The van der Waals surface area contributed by atoms with Crippen LogP contribution in [0.15, 0.2) is 46.9 Å². The molecule has 116 valence electrons. The van der Waals surface area contributed by atoms with E-state index in [1.165, 1.54) is 0 Å². The van der Waals surface area contributed by atoms with Gasteiger partial charge in [-0.05, 0) is 48.7 Å². The van der Waals surface area contributed by atoms with Crippen molar-refractivity contribution in [3.63, 3.8) is 0 Å². The first-order valence-corrected chi connectivity index (χ1v) is 8.23. The van der Waals surface area contributed by atoms with Gasteiger partial charge in [-0.1, -0.05) is 45.7 Å². The maximum atomic E-state index is 11.8. The van der Waals surface area contributed by atoms with Crippen LogP contribution in [0.3, 0.4) is 0 Å². The van der Waals surface area contributed by atoms with E-state index in [1.54, 1.807) is 0 Å². The van der Waals surface area contributed by atoms with Crippen molar-refractivity contribution in [1.29, 1.82) is 0 Å². The minimum absolute atomic E-state index is 0.0225. The molecule has 0 aliphatic rings. The third-order valence-corrected chi connectivity index (χ3v) is 4.38. The van der Waals surface area contributed by atoms with E-state index in [1.807, 2.05) is 49.4 Å². The molecule has 0 spiro atoms. The third-order valence-electron chi connectivity index (χ3n) is 3.27. The van der Waals surface area contributed by atoms with Crippen LogP contribution in [-0.4, -0.2) is 19.0 Å². The van der Waals surface area contributed by atoms with Crippen molar-refractivity contribution in [1.82, 2.24) is 5.32 Å². The van der Waals surface area contributed by atoms with Crippen molar-refractivity contribution in [2.24, 2.45) is 0 Å². The van der Waals surface area contributed by atoms with Crippen molar-refractivity contribution in [3.8, 4) is 0 Å². The fraction of sp³-hybridized carbons (Fsp3) is 0.235. The SMILES string of the molecule is Cc1ccc(NCC(=O)NCCc2ccc(Cl)cc2)cc1Br. The van der Waals surface area contributed by atoms with Crippen LogP contribution < -0.4 is 10.6 Å². The molecule has 2 rings (SSSR count). The number of carbonyl (C=O) groups excluding carboxylic acids is 1. The number of aryl methyl sites for hydroxylation is 1. The standard InChI is InChI=1S/C17H18BrClN2O/c1-12-2-7-15(10-16(12)18)21-11-17(22)20-9-8-13-3-5-14(19)6-4-13/h2-7,10,21H,8-9,11H2,1H3,(H,20,22). The number of carbonyl (C=O) groups is 1. The Balaban J connectivity index is 1.71. The van der Waals surface area contributed by atoms with Gasteiger partial charge in [-0.25, -0.2) is 0 Å². The molecule has 2 aromatic rings. The number of anilines is 1. The Morgan fingerprint density at radius 2 is 1.91 bits per heavy atom. The maximum absolute atomic E-state index is 11.8. The zero-order chi connectivity index (χ0) is 15.9. The summed E-state index contributed by atoms with van der Waals surface area (Å²) in [5.41, 5.74) is 3.24. The number of halogens is 2. The number of benzene rings is 2. The summed E-state index contributed by atoms with van der Waals surface area (Å²) in [6.45, 7) is 2.90. The molecule has 0 heterocycles. The van der Waals surface area contributed by atoms with Crippen molar-refractivity contribution in [2.45, 2.75) is 13.3 Å². The van der Waals surface area contributed by atoms with Gasteiger partial charge in [-0.15, -0.1) is 0 Å². The molecule has 0 fully saturated rings. The van der Waals surface area contributed by atoms with Crippen LogP contribution >= 0.6 is 27.5 Å². The molecule has 5 heteroatoms. The van der Waals surface area contributed by atoms with E-state index in [-0.39, 0.29) is 12.5 Å². The lowest BCUT2D eigenvalue weighted by atomic mass is 10.1. The van der Waals surface area contributed by atoms with Gasteiger partial charge in [-0.3, -0.25) is 4.79 Å². The fourth-order valence-electron chi connectivity index (χ4n) is 1.94. The summed E-state index contributed by atoms with van der Waals surface area (Å²) in [5.74, 6) is -0.0225. The van der Waals surface area contributed by atoms with Crippen LogP contribution in [-0.2, 0) is 11.2 Å². The molecule has 0 radical (unpaired) electrons. The average molecular weight is 382 g/mol. The topological polar surface area (TPSA) is 41.1 Å². The van der Waals surface area contributed by atoms with E-state index in [0.717, 1.165) is 32.7 Å². The van der Waals surface area contributed by atoms with Crippen LogP contribution in [0.4, 0.5) is 5.69 Å².